The summed E-state index contributed by atoms with van der Waals surface area (Å²) in [6.07, 6.45) is 10.1. The Kier molecular flexibility index (Phi) is 3.96. The Bertz CT molecular complexity index is 84.2. The van der Waals surface area contributed by atoms with Crippen LogP contribution in [0.2, 0.25) is 0 Å². The van der Waals surface area contributed by atoms with Gasteiger partial charge < -0.3 is 0 Å². The molecule has 65 valence electrons. The fourth-order valence-corrected chi connectivity index (χ4v) is 1.88. The van der Waals surface area contributed by atoms with E-state index >= 15 is 0 Å². The standard InChI is InChI=1S/C11H21/c1-10-8-6-4-3-5-7-9-11(10)2/h10H,3-9H2,1-2H3. The van der Waals surface area contributed by atoms with Gasteiger partial charge in [0.1, 0.15) is 0 Å². The van der Waals surface area contributed by atoms with E-state index in [4.69, 9.17) is 0 Å². The van der Waals surface area contributed by atoms with E-state index in [-0.39, 0.29) is 0 Å². The maximum Gasteiger partial charge on any atom is -0.0244 e. The van der Waals surface area contributed by atoms with E-state index < -0.39 is 0 Å². The summed E-state index contributed by atoms with van der Waals surface area (Å²) in [6, 6.07) is 0. The molecule has 0 bridgehead atoms. The summed E-state index contributed by atoms with van der Waals surface area (Å²) >= 11 is 0. The van der Waals surface area contributed by atoms with Crippen molar-refractivity contribution in [1.29, 1.82) is 0 Å². The second-order valence-electron chi connectivity index (χ2n) is 4.05. The van der Waals surface area contributed by atoms with E-state index in [2.05, 4.69) is 13.8 Å². The van der Waals surface area contributed by atoms with Crippen LogP contribution in [0, 0.1) is 11.8 Å². The van der Waals surface area contributed by atoms with Gasteiger partial charge in [-0.2, -0.15) is 0 Å². The lowest BCUT2D eigenvalue weighted by Gasteiger charge is -2.17. The van der Waals surface area contributed by atoms with Gasteiger partial charge in [-0.3, -0.25) is 0 Å². The molecule has 0 saturated heterocycles. The van der Waals surface area contributed by atoms with Gasteiger partial charge in [-0.05, 0) is 18.3 Å². The zero-order chi connectivity index (χ0) is 8.10. The Morgan fingerprint density at radius 3 is 2.45 bits per heavy atom. The van der Waals surface area contributed by atoms with Crippen molar-refractivity contribution in [1.82, 2.24) is 0 Å². The molecular formula is C11H21. The van der Waals surface area contributed by atoms with E-state index in [0.29, 0.717) is 0 Å². The van der Waals surface area contributed by atoms with Crippen molar-refractivity contribution in [2.75, 3.05) is 0 Å². The zero-order valence-electron chi connectivity index (χ0n) is 8.03. The van der Waals surface area contributed by atoms with Crippen LogP contribution in [0.5, 0.6) is 0 Å². The van der Waals surface area contributed by atoms with Crippen LogP contribution in [0.15, 0.2) is 0 Å². The molecular weight excluding hydrogens is 132 g/mol. The molecule has 0 aromatic rings. The zero-order valence-corrected chi connectivity index (χ0v) is 8.03. The van der Waals surface area contributed by atoms with E-state index in [1.54, 1.807) is 5.92 Å². The normalized spacial score (nSPS) is 30.5. The highest BCUT2D eigenvalue weighted by molar-refractivity contribution is 4.89. The first-order valence-corrected chi connectivity index (χ1v) is 5.13. The second kappa shape index (κ2) is 4.79. The fourth-order valence-electron chi connectivity index (χ4n) is 1.88. The SMILES string of the molecule is C[C]1CCCCCCCC1C. The summed E-state index contributed by atoms with van der Waals surface area (Å²) in [5.74, 6) is 2.64. The minimum atomic E-state index is 0.896. The predicted octanol–water partition coefficient (Wildman–Crippen LogP) is 3.96. The molecule has 1 fully saturated rings. The maximum atomic E-state index is 2.39. The summed E-state index contributed by atoms with van der Waals surface area (Å²) in [7, 11) is 0. The molecule has 1 atom stereocenters. The molecule has 1 aliphatic rings. The molecule has 0 heteroatoms. The monoisotopic (exact) mass is 153 g/mol. The summed E-state index contributed by atoms with van der Waals surface area (Å²) in [4.78, 5) is 0. The van der Waals surface area contributed by atoms with Crippen molar-refractivity contribution >= 4 is 0 Å². The Hall–Kier alpha value is 0. The molecule has 0 aliphatic heterocycles. The lowest BCUT2D eigenvalue weighted by molar-refractivity contribution is 0.502. The topological polar surface area (TPSA) is 0 Å². The average molecular weight is 153 g/mol. The summed E-state index contributed by atoms with van der Waals surface area (Å²) in [5.41, 5.74) is 0. The van der Waals surface area contributed by atoms with Gasteiger partial charge in [0.05, 0.1) is 0 Å². The number of hydrogen-bond acceptors (Lipinski definition) is 0. The highest BCUT2D eigenvalue weighted by Crippen LogP contribution is 2.27. The molecule has 1 aliphatic carbocycles. The molecule has 1 unspecified atom stereocenters. The van der Waals surface area contributed by atoms with Gasteiger partial charge in [0.25, 0.3) is 0 Å². The highest BCUT2D eigenvalue weighted by Gasteiger charge is 2.13. The number of rotatable bonds is 0. The lowest BCUT2D eigenvalue weighted by atomic mass is 9.89. The highest BCUT2D eigenvalue weighted by atomic mass is 14.2. The van der Waals surface area contributed by atoms with Crippen LogP contribution >= 0.6 is 0 Å². The van der Waals surface area contributed by atoms with Gasteiger partial charge in [0, 0.05) is 0 Å². The van der Waals surface area contributed by atoms with Crippen molar-refractivity contribution in [3.63, 3.8) is 0 Å². The molecule has 0 heterocycles. The van der Waals surface area contributed by atoms with Gasteiger partial charge in [0.15, 0.2) is 0 Å². The van der Waals surface area contributed by atoms with Gasteiger partial charge in [-0.25, -0.2) is 0 Å². The van der Waals surface area contributed by atoms with Crippen LogP contribution < -0.4 is 0 Å². The van der Waals surface area contributed by atoms with Crippen molar-refractivity contribution in [3.05, 3.63) is 5.92 Å². The molecule has 0 aromatic heterocycles. The first-order chi connectivity index (χ1) is 5.30. The van der Waals surface area contributed by atoms with Crippen molar-refractivity contribution < 1.29 is 0 Å². The van der Waals surface area contributed by atoms with Crippen LogP contribution in [-0.2, 0) is 0 Å². The summed E-state index contributed by atoms with van der Waals surface area (Å²) in [6.45, 7) is 4.73. The third-order valence-electron chi connectivity index (χ3n) is 3.05. The molecule has 11 heavy (non-hydrogen) atoms. The van der Waals surface area contributed by atoms with Crippen LogP contribution in [-0.4, -0.2) is 0 Å². The van der Waals surface area contributed by atoms with Gasteiger partial charge in [-0.15, -0.1) is 0 Å². The van der Waals surface area contributed by atoms with Crippen LogP contribution in [0.1, 0.15) is 58.8 Å². The first kappa shape index (κ1) is 9.09. The maximum absolute atomic E-state index is 2.39. The molecule has 1 saturated carbocycles. The molecule has 1 radical (unpaired) electrons. The van der Waals surface area contributed by atoms with E-state index in [1.165, 1.54) is 44.9 Å². The smallest absolute Gasteiger partial charge is 0.0244 e. The third kappa shape index (κ3) is 3.27. The molecule has 1 rings (SSSR count). The van der Waals surface area contributed by atoms with Gasteiger partial charge >= 0.3 is 0 Å². The van der Waals surface area contributed by atoms with E-state index in [0.717, 1.165) is 5.92 Å². The third-order valence-corrected chi connectivity index (χ3v) is 3.05. The van der Waals surface area contributed by atoms with Crippen molar-refractivity contribution in [2.45, 2.75) is 58.8 Å². The molecule has 0 spiro atoms. The Morgan fingerprint density at radius 1 is 1.00 bits per heavy atom. The number of hydrogen-bond donors (Lipinski definition) is 0. The van der Waals surface area contributed by atoms with Crippen molar-refractivity contribution in [3.8, 4) is 0 Å². The minimum absolute atomic E-state index is 0.896. The molecule has 0 N–H and O–H groups in total. The Labute approximate surface area is 71.4 Å². The summed E-state index contributed by atoms with van der Waals surface area (Å²) in [5, 5.41) is 0. The van der Waals surface area contributed by atoms with E-state index in [1.807, 2.05) is 0 Å². The van der Waals surface area contributed by atoms with Gasteiger partial charge in [-0.1, -0.05) is 52.4 Å². The first-order valence-electron chi connectivity index (χ1n) is 5.13. The Morgan fingerprint density at radius 2 is 1.64 bits per heavy atom. The predicted molar refractivity (Wildman–Crippen MR) is 50.4 cm³/mol. The Balaban J connectivity index is 2.29. The van der Waals surface area contributed by atoms with Crippen LogP contribution in [0.25, 0.3) is 0 Å². The fraction of sp³-hybridized carbons (Fsp3) is 0.909. The van der Waals surface area contributed by atoms with Gasteiger partial charge in [0.2, 0.25) is 0 Å². The van der Waals surface area contributed by atoms with Crippen LogP contribution in [0.4, 0.5) is 0 Å². The van der Waals surface area contributed by atoms with E-state index in [9.17, 15) is 0 Å². The summed E-state index contributed by atoms with van der Waals surface area (Å²) < 4.78 is 0. The van der Waals surface area contributed by atoms with Crippen molar-refractivity contribution in [2.24, 2.45) is 5.92 Å². The molecule has 0 amide bonds. The largest absolute Gasteiger partial charge is 0.0620 e. The minimum Gasteiger partial charge on any atom is -0.0620 e. The molecule has 0 aromatic carbocycles. The molecule has 0 nitrogen and oxygen atoms in total. The lowest BCUT2D eigenvalue weighted by Crippen LogP contribution is -2.04. The average Bonchev–Trinajstić information content (AvgIpc) is 2.07. The second-order valence-corrected chi connectivity index (χ2v) is 4.05. The quantitative estimate of drug-likeness (QED) is 0.494. The van der Waals surface area contributed by atoms with Crippen LogP contribution in [0.3, 0.4) is 0 Å².